The van der Waals surface area contributed by atoms with E-state index >= 15 is 0 Å². The predicted octanol–water partition coefficient (Wildman–Crippen LogP) is 5.20. The minimum Gasteiger partial charge on any atom is -0.493 e. The van der Waals surface area contributed by atoms with E-state index in [9.17, 15) is 14.0 Å². The topological polar surface area (TPSA) is 61.8 Å². The van der Waals surface area contributed by atoms with Crippen LogP contribution in [0.15, 0.2) is 12.1 Å². The molecule has 0 spiro atoms. The Morgan fingerprint density at radius 3 is 2.41 bits per heavy atom. The van der Waals surface area contributed by atoms with Gasteiger partial charge in [-0.05, 0) is 26.3 Å². The Bertz CT molecular complexity index is 847. The van der Waals surface area contributed by atoms with Crippen LogP contribution in [0, 0.1) is 11.2 Å². The summed E-state index contributed by atoms with van der Waals surface area (Å²) < 4.78 is 30.9. The number of Topliss-reactive ketones (excluding diaryl/α,β-unsaturated/α-hetero) is 1. The molecule has 158 valence electrons. The molecule has 1 aromatic heterocycles. The van der Waals surface area contributed by atoms with E-state index in [4.69, 9.17) is 22.1 Å². The van der Waals surface area contributed by atoms with E-state index < -0.39 is 17.2 Å². The van der Waals surface area contributed by atoms with Gasteiger partial charge < -0.3 is 14.2 Å². The lowest BCUT2D eigenvalue weighted by molar-refractivity contribution is -0.150. The van der Waals surface area contributed by atoms with E-state index in [1.165, 1.54) is 20.3 Å². The van der Waals surface area contributed by atoms with Gasteiger partial charge in [-0.3, -0.25) is 9.59 Å². The molecule has 29 heavy (non-hydrogen) atoms. The van der Waals surface area contributed by atoms with Crippen LogP contribution in [0.3, 0.4) is 0 Å². The molecule has 0 aliphatic carbocycles. The van der Waals surface area contributed by atoms with Crippen LogP contribution in [0.2, 0.25) is 6.32 Å². The first kappa shape index (κ1) is 25.0. The van der Waals surface area contributed by atoms with E-state index in [1.54, 1.807) is 19.9 Å². The summed E-state index contributed by atoms with van der Waals surface area (Å²) >= 11 is 1.15. The SMILES string of the molecule is CC.[B]CCCOc1c(OC)cc2sc(C(=O)CC(C)(C)C(=O)OC)cc2c1F. The zero-order chi connectivity index (χ0) is 22.2. The van der Waals surface area contributed by atoms with E-state index in [0.29, 0.717) is 22.3 Å². The van der Waals surface area contributed by atoms with E-state index in [-0.39, 0.29) is 35.7 Å². The molecule has 2 rings (SSSR count). The highest BCUT2D eigenvalue weighted by Crippen LogP contribution is 2.40. The third-order valence-electron chi connectivity index (χ3n) is 4.11. The highest BCUT2D eigenvalue weighted by atomic mass is 32.1. The van der Waals surface area contributed by atoms with E-state index in [1.807, 2.05) is 13.8 Å². The van der Waals surface area contributed by atoms with Gasteiger partial charge in [0.05, 0.1) is 39.0 Å². The van der Waals surface area contributed by atoms with Crippen LogP contribution in [0.1, 0.15) is 50.2 Å². The minimum atomic E-state index is -0.964. The number of benzene rings is 1. The lowest BCUT2D eigenvalue weighted by Gasteiger charge is -2.19. The average molecular weight is 422 g/mol. The number of carbonyl (C=O) groups excluding carboxylic acids is 2. The second-order valence-corrected chi connectivity index (χ2v) is 7.79. The summed E-state index contributed by atoms with van der Waals surface area (Å²) in [5.41, 5.74) is -0.964. The molecule has 0 atom stereocenters. The van der Waals surface area contributed by atoms with Gasteiger partial charge in [-0.2, -0.15) is 0 Å². The van der Waals surface area contributed by atoms with Crippen LogP contribution >= 0.6 is 11.3 Å². The molecule has 0 fully saturated rings. The van der Waals surface area contributed by atoms with E-state index in [2.05, 4.69) is 0 Å². The second kappa shape index (κ2) is 11.2. The van der Waals surface area contributed by atoms with Crippen molar-refractivity contribution in [2.45, 2.75) is 46.9 Å². The van der Waals surface area contributed by atoms with Gasteiger partial charge in [0.15, 0.2) is 23.1 Å². The number of halogens is 1. The smallest absolute Gasteiger partial charge is 0.311 e. The molecular formula is C21H28BFO5S. The molecule has 1 aromatic carbocycles. The monoisotopic (exact) mass is 422 g/mol. The third-order valence-corrected chi connectivity index (χ3v) is 5.24. The molecular weight excluding hydrogens is 394 g/mol. The first-order valence-electron chi connectivity index (χ1n) is 9.49. The highest BCUT2D eigenvalue weighted by molar-refractivity contribution is 7.20. The Kier molecular flexibility index (Phi) is 9.63. The summed E-state index contributed by atoms with van der Waals surface area (Å²) in [6.07, 6.45) is 0.973. The van der Waals surface area contributed by atoms with Crippen LogP contribution in [-0.2, 0) is 9.53 Å². The van der Waals surface area contributed by atoms with Gasteiger partial charge in [0.1, 0.15) is 0 Å². The first-order chi connectivity index (χ1) is 13.7. The second-order valence-electron chi connectivity index (χ2n) is 6.71. The predicted molar refractivity (Wildman–Crippen MR) is 115 cm³/mol. The molecule has 1 heterocycles. The minimum absolute atomic E-state index is 0.00476. The van der Waals surface area contributed by atoms with Crippen molar-refractivity contribution >= 4 is 41.0 Å². The highest BCUT2D eigenvalue weighted by Gasteiger charge is 2.32. The lowest BCUT2D eigenvalue weighted by atomic mass is 9.87. The molecule has 2 radical (unpaired) electrons. The summed E-state index contributed by atoms with van der Waals surface area (Å²) in [5, 5.41) is 0.280. The fraction of sp³-hybridized carbons (Fsp3) is 0.524. The zero-order valence-corrected chi connectivity index (χ0v) is 18.7. The summed E-state index contributed by atoms with van der Waals surface area (Å²) in [5.74, 6) is -1.04. The number of ketones is 1. The third kappa shape index (κ3) is 5.95. The zero-order valence-electron chi connectivity index (χ0n) is 17.9. The molecule has 0 N–H and O–H groups in total. The molecule has 8 heteroatoms. The maximum absolute atomic E-state index is 14.9. The standard InChI is InChI=1S/C19H22BFO5S.C2H6/c1-19(2,18(23)25-4)10-12(22)15-8-11-14(27-15)9-13(24-3)17(16(11)21)26-7-5-6-20;1-2/h8-9H,5-7,10H2,1-4H3;1-2H3. The number of carbonyl (C=O) groups is 2. The Hall–Kier alpha value is -2.09. The number of hydrogen-bond acceptors (Lipinski definition) is 6. The molecule has 2 aromatic rings. The number of rotatable bonds is 9. The summed E-state index contributed by atoms with van der Waals surface area (Å²) in [6, 6.07) is 3.13. The molecule has 0 aliphatic rings. The van der Waals surface area contributed by atoms with Crippen LogP contribution in [-0.4, -0.2) is 40.4 Å². The summed E-state index contributed by atoms with van der Waals surface area (Å²) in [4.78, 5) is 24.8. The maximum atomic E-state index is 14.9. The number of methoxy groups -OCH3 is 2. The molecule has 0 saturated heterocycles. The van der Waals surface area contributed by atoms with Crippen LogP contribution in [0.5, 0.6) is 11.5 Å². The molecule has 0 saturated carbocycles. The Morgan fingerprint density at radius 1 is 1.21 bits per heavy atom. The van der Waals surface area contributed by atoms with Gasteiger partial charge in [0.2, 0.25) is 0 Å². The fourth-order valence-electron chi connectivity index (χ4n) is 2.62. The van der Waals surface area contributed by atoms with Crippen molar-refractivity contribution in [3.63, 3.8) is 0 Å². The largest absolute Gasteiger partial charge is 0.493 e. The molecule has 0 unspecified atom stereocenters. The normalized spacial score (nSPS) is 10.9. The quantitative estimate of drug-likeness (QED) is 0.241. The summed E-state index contributed by atoms with van der Waals surface area (Å²) in [6.45, 7) is 7.53. The van der Waals surface area contributed by atoms with Gasteiger partial charge in [0, 0.05) is 22.6 Å². The molecule has 0 aliphatic heterocycles. The van der Waals surface area contributed by atoms with Crippen molar-refractivity contribution in [3.05, 3.63) is 22.8 Å². The number of ether oxygens (including phenoxy) is 3. The average Bonchev–Trinajstić information content (AvgIpc) is 3.14. The molecule has 0 amide bonds. The van der Waals surface area contributed by atoms with Crippen molar-refractivity contribution in [2.24, 2.45) is 5.41 Å². The molecule has 5 nitrogen and oxygen atoms in total. The fourth-order valence-corrected chi connectivity index (χ4v) is 3.64. The van der Waals surface area contributed by atoms with Gasteiger partial charge in [-0.25, -0.2) is 4.39 Å². The van der Waals surface area contributed by atoms with Crippen molar-refractivity contribution in [3.8, 4) is 11.5 Å². The van der Waals surface area contributed by atoms with Gasteiger partial charge in [0.25, 0.3) is 0 Å². The summed E-state index contributed by atoms with van der Waals surface area (Å²) in [7, 11) is 8.14. The van der Waals surface area contributed by atoms with Crippen LogP contribution < -0.4 is 9.47 Å². The first-order valence-corrected chi connectivity index (χ1v) is 10.3. The van der Waals surface area contributed by atoms with Gasteiger partial charge >= 0.3 is 5.97 Å². The van der Waals surface area contributed by atoms with Crippen molar-refractivity contribution in [1.29, 1.82) is 0 Å². The lowest BCUT2D eigenvalue weighted by Crippen LogP contribution is -2.28. The Labute approximate surface area is 176 Å². The Morgan fingerprint density at radius 2 is 1.86 bits per heavy atom. The van der Waals surface area contributed by atoms with Crippen molar-refractivity contribution in [2.75, 3.05) is 20.8 Å². The number of fused-ring (bicyclic) bond motifs is 1. The van der Waals surface area contributed by atoms with E-state index in [0.717, 1.165) is 11.3 Å². The van der Waals surface area contributed by atoms with Gasteiger partial charge in [-0.15, -0.1) is 11.3 Å². The molecule has 0 bridgehead atoms. The van der Waals surface area contributed by atoms with Gasteiger partial charge in [-0.1, -0.05) is 20.2 Å². The number of hydrogen-bond donors (Lipinski definition) is 0. The van der Waals surface area contributed by atoms with Crippen molar-refractivity contribution < 1.29 is 28.2 Å². The van der Waals surface area contributed by atoms with Crippen LogP contribution in [0.25, 0.3) is 10.1 Å². The number of esters is 1. The van der Waals surface area contributed by atoms with Crippen molar-refractivity contribution in [1.82, 2.24) is 0 Å². The Balaban J connectivity index is 0.00000204. The van der Waals surface area contributed by atoms with Crippen LogP contribution in [0.4, 0.5) is 4.39 Å². The number of thiophene rings is 1. The maximum Gasteiger partial charge on any atom is 0.311 e.